The molecule has 0 saturated heterocycles. The van der Waals surface area contributed by atoms with Gasteiger partial charge in [0.1, 0.15) is 39.6 Å². The molecule has 2 aromatic heterocycles. The Morgan fingerprint density at radius 2 is 1.53 bits per heavy atom. The first kappa shape index (κ1) is 38.6. The third kappa shape index (κ3) is 11.1. The fourth-order valence-electron chi connectivity index (χ4n) is 5.01. The normalized spacial score (nSPS) is 11.5. The number of hydrogen-bond donors (Lipinski definition) is 1. The lowest BCUT2D eigenvalue weighted by atomic mass is 9.95. The van der Waals surface area contributed by atoms with E-state index < -0.39 is 5.97 Å². The van der Waals surface area contributed by atoms with Crippen LogP contribution in [0.4, 0.5) is 0 Å². The number of aryl methyl sites for hydroxylation is 2. The van der Waals surface area contributed by atoms with Crippen LogP contribution in [0.15, 0.2) is 85.2 Å². The summed E-state index contributed by atoms with van der Waals surface area (Å²) < 4.78 is 27.0. The Bertz CT molecular complexity index is 1920. The predicted octanol–water partition coefficient (Wildman–Crippen LogP) is 8.28. The molecule has 0 spiro atoms. The number of thiazole rings is 2. The summed E-state index contributed by atoms with van der Waals surface area (Å²) in [6, 6.07) is 20.3. The second kappa shape index (κ2) is 19.3. The van der Waals surface area contributed by atoms with E-state index in [0.29, 0.717) is 47.6 Å². The first-order chi connectivity index (χ1) is 24.6. The zero-order valence-electron chi connectivity index (χ0n) is 29.5. The highest BCUT2D eigenvalue weighted by Gasteiger charge is 2.25. The van der Waals surface area contributed by atoms with Gasteiger partial charge in [-0.2, -0.15) is 0 Å². The molecular weight excluding hydrogens is 689 g/mol. The molecule has 1 unspecified atom stereocenters. The number of aromatic hydroxyl groups is 1. The van der Waals surface area contributed by atoms with Crippen molar-refractivity contribution < 1.29 is 38.4 Å². The van der Waals surface area contributed by atoms with Gasteiger partial charge in [0.05, 0.1) is 39.8 Å². The predicted molar refractivity (Wildman–Crippen MR) is 199 cm³/mol. The van der Waals surface area contributed by atoms with Crippen molar-refractivity contribution in [3.63, 3.8) is 0 Å². The molecule has 0 fully saturated rings. The Morgan fingerprint density at radius 3 is 2.16 bits per heavy atom. The van der Waals surface area contributed by atoms with Crippen molar-refractivity contribution in [2.75, 3.05) is 27.4 Å². The van der Waals surface area contributed by atoms with E-state index >= 15 is 0 Å². The van der Waals surface area contributed by atoms with Crippen molar-refractivity contribution in [2.24, 2.45) is 0 Å². The van der Waals surface area contributed by atoms with Gasteiger partial charge >= 0.3 is 11.9 Å². The number of phenols is 1. The highest BCUT2D eigenvalue weighted by Crippen LogP contribution is 2.39. The van der Waals surface area contributed by atoms with E-state index in [1.165, 1.54) is 28.7 Å². The molecule has 12 heteroatoms. The number of benzene rings is 3. The van der Waals surface area contributed by atoms with Crippen molar-refractivity contribution in [1.29, 1.82) is 0 Å². The number of phenolic OH excluding ortho intramolecular Hbond substituents is 1. The molecule has 268 valence electrons. The van der Waals surface area contributed by atoms with Crippen molar-refractivity contribution in [3.05, 3.63) is 122 Å². The van der Waals surface area contributed by atoms with Gasteiger partial charge in [0.2, 0.25) is 0 Å². The molecule has 0 aliphatic heterocycles. The van der Waals surface area contributed by atoms with E-state index in [4.69, 9.17) is 23.7 Å². The Labute approximate surface area is 306 Å². The number of methoxy groups -OCH3 is 2. The van der Waals surface area contributed by atoms with E-state index in [1.807, 2.05) is 62.4 Å². The fourth-order valence-corrected chi connectivity index (χ4v) is 6.70. The highest BCUT2D eigenvalue weighted by molar-refractivity contribution is 7.12. The van der Waals surface area contributed by atoms with Gasteiger partial charge in [-0.25, -0.2) is 14.8 Å². The fraction of sp³-hybridized carbons (Fsp3) is 0.282. The number of carbonyl (C=O) groups is 2. The van der Waals surface area contributed by atoms with Gasteiger partial charge in [0, 0.05) is 44.9 Å². The van der Waals surface area contributed by atoms with Crippen LogP contribution in [0.2, 0.25) is 0 Å². The molecule has 51 heavy (non-hydrogen) atoms. The average Bonchev–Trinajstić information content (AvgIpc) is 3.77. The Morgan fingerprint density at radius 1 is 0.843 bits per heavy atom. The number of hydrogen-bond acceptors (Lipinski definition) is 12. The van der Waals surface area contributed by atoms with Crippen LogP contribution in [0.3, 0.4) is 0 Å². The number of carbonyl (C=O) groups excluding carboxylic acids is 2. The van der Waals surface area contributed by atoms with Crippen LogP contribution in [0.5, 0.6) is 23.0 Å². The van der Waals surface area contributed by atoms with Gasteiger partial charge in [-0.15, -0.1) is 22.7 Å². The van der Waals surface area contributed by atoms with Crippen LogP contribution in [0.1, 0.15) is 62.6 Å². The Hall–Kier alpha value is -5.20. The van der Waals surface area contributed by atoms with Crippen molar-refractivity contribution in [1.82, 2.24) is 9.97 Å². The highest BCUT2D eigenvalue weighted by atomic mass is 32.1. The van der Waals surface area contributed by atoms with Crippen LogP contribution >= 0.6 is 22.7 Å². The third-order valence-corrected chi connectivity index (χ3v) is 9.28. The summed E-state index contributed by atoms with van der Waals surface area (Å²) in [6.45, 7) is 8.56. The van der Waals surface area contributed by atoms with E-state index in [0.717, 1.165) is 31.5 Å². The number of aromatic nitrogens is 2. The summed E-state index contributed by atoms with van der Waals surface area (Å²) in [5.41, 5.74) is 3.16. The molecule has 2 heterocycles. The molecule has 3 aromatic carbocycles. The quantitative estimate of drug-likeness (QED) is 0.0881. The monoisotopic (exact) mass is 730 g/mol. The summed E-state index contributed by atoms with van der Waals surface area (Å²) in [5, 5.41) is 11.3. The van der Waals surface area contributed by atoms with Crippen LogP contribution in [-0.2, 0) is 25.7 Å². The molecule has 0 amide bonds. The molecule has 0 aliphatic carbocycles. The largest absolute Gasteiger partial charge is 0.508 e. The molecular formula is C39H42N2O8S2. The summed E-state index contributed by atoms with van der Waals surface area (Å²) in [4.78, 5) is 35.1. The zero-order chi connectivity index (χ0) is 36.8. The van der Waals surface area contributed by atoms with Gasteiger partial charge in [-0.1, -0.05) is 30.3 Å². The molecule has 1 N–H and O–H groups in total. The van der Waals surface area contributed by atoms with Crippen LogP contribution < -0.4 is 14.2 Å². The minimum absolute atomic E-state index is 0.123. The number of nitrogens with zero attached hydrogens (tertiary/aromatic N) is 2. The van der Waals surface area contributed by atoms with Gasteiger partial charge in [-0.3, -0.25) is 4.79 Å². The molecule has 5 rings (SSSR count). The summed E-state index contributed by atoms with van der Waals surface area (Å²) in [7, 11) is 3.16. The lowest BCUT2D eigenvalue weighted by Crippen LogP contribution is -2.12. The first-order valence-electron chi connectivity index (χ1n) is 16.3. The molecule has 0 bridgehead atoms. The second-order valence-electron chi connectivity index (χ2n) is 11.0. The van der Waals surface area contributed by atoms with Crippen LogP contribution in [0.25, 0.3) is 5.57 Å². The maximum atomic E-state index is 12.2. The smallest absolute Gasteiger partial charge is 0.331 e. The van der Waals surface area contributed by atoms with E-state index in [9.17, 15) is 14.7 Å². The standard InChI is InChI=1S/C23H23NO4S.C16H19NO4S/c1-4-27-22(25)13-20(23-24-14-16(2)29-23)19-12-18(10-11-21(19)26-3)28-15-17-8-6-5-7-9-17;1-4-21-15(19)8-13(16-17-9-10(2)22-16)12-7-11(18)5-6-14(12)20-3/h5-14H,4,15H2,1-3H3;5-7,9,13,18H,4,8H2,1-3H3/b20-13-;. The van der Waals surface area contributed by atoms with Crippen LogP contribution in [-0.4, -0.2) is 54.4 Å². The topological polar surface area (TPSA) is 126 Å². The number of rotatable bonds is 14. The van der Waals surface area contributed by atoms with Gasteiger partial charge in [0.25, 0.3) is 0 Å². The van der Waals surface area contributed by atoms with Gasteiger partial charge in [0.15, 0.2) is 0 Å². The summed E-state index contributed by atoms with van der Waals surface area (Å²) in [5.74, 6) is 1.00. The van der Waals surface area contributed by atoms with Gasteiger partial charge in [-0.05, 0) is 69.7 Å². The van der Waals surface area contributed by atoms with Crippen LogP contribution in [0, 0.1) is 13.8 Å². The maximum absolute atomic E-state index is 12.2. The van der Waals surface area contributed by atoms with Crippen molar-refractivity contribution >= 4 is 40.2 Å². The SMILES string of the molecule is CCOC(=O)/C=C(\c1ncc(C)s1)c1cc(OCc2ccccc2)ccc1OC.CCOC(=O)CC(c1ncc(C)s1)c1cc(O)ccc1OC. The molecule has 0 saturated carbocycles. The van der Waals surface area contributed by atoms with E-state index in [1.54, 1.807) is 58.7 Å². The second-order valence-corrected chi connectivity index (χ2v) is 13.5. The molecule has 5 aromatic rings. The molecule has 10 nitrogen and oxygen atoms in total. The van der Waals surface area contributed by atoms with E-state index in [-0.39, 0.29) is 24.1 Å². The number of ether oxygens (including phenoxy) is 5. The van der Waals surface area contributed by atoms with Crippen molar-refractivity contribution in [2.45, 2.75) is 46.6 Å². The Balaban J connectivity index is 0.000000238. The molecule has 0 aliphatic rings. The maximum Gasteiger partial charge on any atom is 0.331 e. The zero-order valence-corrected chi connectivity index (χ0v) is 31.1. The lowest BCUT2D eigenvalue weighted by Gasteiger charge is -2.17. The van der Waals surface area contributed by atoms with E-state index in [2.05, 4.69) is 9.97 Å². The third-order valence-electron chi connectivity index (χ3n) is 7.31. The first-order valence-corrected chi connectivity index (χ1v) is 17.9. The minimum Gasteiger partial charge on any atom is -0.508 e. The lowest BCUT2D eigenvalue weighted by molar-refractivity contribution is -0.143. The Kier molecular flexibility index (Phi) is 14.6. The summed E-state index contributed by atoms with van der Waals surface area (Å²) in [6.07, 6.45) is 5.16. The molecule has 1 atom stereocenters. The number of esters is 2. The molecule has 0 radical (unpaired) electrons. The average molecular weight is 731 g/mol. The minimum atomic E-state index is -0.423. The van der Waals surface area contributed by atoms with Gasteiger partial charge < -0.3 is 28.8 Å². The van der Waals surface area contributed by atoms with Crippen molar-refractivity contribution in [3.8, 4) is 23.0 Å². The summed E-state index contributed by atoms with van der Waals surface area (Å²) >= 11 is 3.02.